The molecule has 104 valence electrons. The van der Waals surface area contributed by atoms with Gasteiger partial charge in [-0.1, -0.05) is 6.07 Å². The van der Waals surface area contributed by atoms with Crippen molar-refractivity contribution in [3.63, 3.8) is 0 Å². The summed E-state index contributed by atoms with van der Waals surface area (Å²) in [6, 6.07) is 5.07. The van der Waals surface area contributed by atoms with Crippen LogP contribution in [-0.2, 0) is 18.0 Å². The number of ether oxygens (including phenoxy) is 2. The van der Waals surface area contributed by atoms with Crippen LogP contribution in [0.4, 0.5) is 4.39 Å². The average Bonchev–Trinajstić information content (AvgIpc) is 2.91. The van der Waals surface area contributed by atoms with Gasteiger partial charge in [0.05, 0.1) is 12.2 Å². The van der Waals surface area contributed by atoms with Crippen molar-refractivity contribution in [2.75, 3.05) is 6.61 Å². The maximum Gasteiger partial charge on any atom is 0.356 e. The van der Waals surface area contributed by atoms with E-state index in [-0.39, 0.29) is 18.9 Å². The summed E-state index contributed by atoms with van der Waals surface area (Å²) in [5.74, 6) is 0.173. The van der Waals surface area contributed by atoms with E-state index in [2.05, 4.69) is 10.2 Å². The van der Waals surface area contributed by atoms with Gasteiger partial charge < -0.3 is 9.47 Å². The maximum absolute atomic E-state index is 12.8. The van der Waals surface area contributed by atoms with Crippen molar-refractivity contribution in [3.05, 3.63) is 35.0 Å². The Morgan fingerprint density at radius 2 is 2.40 bits per heavy atom. The fourth-order valence-corrected chi connectivity index (χ4v) is 2.22. The highest BCUT2D eigenvalue weighted by Crippen LogP contribution is 2.38. The molecule has 0 saturated heterocycles. The van der Waals surface area contributed by atoms with Crippen molar-refractivity contribution in [1.82, 2.24) is 10.2 Å². The Balaban J connectivity index is 2.07. The summed E-state index contributed by atoms with van der Waals surface area (Å²) in [6.07, 6.45) is 0. The third kappa shape index (κ3) is 1.93. The van der Waals surface area contributed by atoms with Gasteiger partial charge in [0.1, 0.15) is 24.7 Å². The van der Waals surface area contributed by atoms with Gasteiger partial charge in [0.15, 0.2) is 5.69 Å². The second-order valence-corrected chi connectivity index (χ2v) is 4.40. The number of aromatic amines is 1. The Labute approximate surface area is 114 Å². The van der Waals surface area contributed by atoms with Gasteiger partial charge in [0.2, 0.25) is 0 Å². The van der Waals surface area contributed by atoms with Crippen LogP contribution in [0.15, 0.2) is 18.2 Å². The van der Waals surface area contributed by atoms with Crippen LogP contribution < -0.4 is 4.74 Å². The number of fused-ring (bicyclic) bond motifs is 3. The molecule has 1 aliphatic heterocycles. The fraction of sp³-hybridized carbons (Fsp3) is 0.286. The molecule has 0 atom stereocenters. The highest BCUT2D eigenvalue weighted by molar-refractivity contribution is 5.92. The minimum absolute atomic E-state index is 0.238. The van der Waals surface area contributed by atoms with Crippen LogP contribution in [-0.4, -0.2) is 22.8 Å². The average molecular weight is 276 g/mol. The van der Waals surface area contributed by atoms with Gasteiger partial charge in [0.25, 0.3) is 0 Å². The summed E-state index contributed by atoms with van der Waals surface area (Å²) >= 11 is 0. The summed E-state index contributed by atoms with van der Waals surface area (Å²) in [6.45, 7) is 1.70. The highest BCUT2D eigenvalue weighted by atomic mass is 19.1. The van der Waals surface area contributed by atoms with Crippen molar-refractivity contribution in [3.8, 4) is 17.0 Å². The molecular weight excluding hydrogens is 263 g/mol. The molecule has 1 aromatic heterocycles. The molecule has 0 saturated carbocycles. The van der Waals surface area contributed by atoms with Gasteiger partial charge in [-0.15, -0.1) is 0 Å². The number of H-pyrrole nitrogens is 1. The molecule has 20 heavy (non-hydrogen) atoms. The number of aromatic nitrogens is 2. The van der Waals surface area contributed by atoms with E-state index in [0.29, 0.717) is 28.1 Å². The van der Waals surface area contributed by atoms with E-state index >= 15 is 0 Å². The molecule has 0 amide bonds. The van der Waals surface area contributed by atoms with Gasteiger partial charge in [-0.3, -0.25) is 5.10 Å². The number of rotatable bonds is 3. The number of halogens is 1. The minimum Gasteiger partial charge on any atom is -0.488 e. The summed E-state index contributed by atoms with van der Waals surface area (Å²) < 4.78 is 23.3. The molecular formula is C14H13FN2O3. The zero-order valence-corrected chi connectivity index (χ0v) is 10.9. The molecule has 0 radical (unpaired) electrons. The largest absolute Gasteiger partial charge is 0.488 e. The lowest BCUT2D eigenvalue weighted by atomic mass is 10.0. The van der Waals surface area contributed by atoms with E-state index in [1.165, 1.54) is 0 Å². The lowest BCUT2D eigenvalue weighted by molar-refractivity contribution is 0.0516. The monoisotopic (exact) mass is 276 g/mol. The lowest BCUT2D eigenvalue weighted by Crippen LogP contribution is -2.12. The minimum atomic E-state index is -0.558. The predicted molar refractivity (Wildman–Crippen MR) is 69.1 cm³/mol. The van der Waals surface area contributed by atoms with Crippen LogP contribution in [0, 0.1) is 0 Å². The second kappa shape index (κ2) is 4.96. The molecule has 2 aromatic rings. The van der Waals surface area contributed by atoms with Crippen LogP contribution in [0.25, 0.3) is 11.3 Å². The third-order valence-corrected chi connectivity index (χ3v) is 3.17. The smallest absolute Gasteiger partial charge is 0.356 e. The van der Waals surface area contributed by atoms with Crippen molar-refractivity contribution in [2.45, 2.75) is 20.2 Å². The topological polar surface area (TPSA) is 64.2 Å². The first-order chi connectivity index (χ1) is 9.74. The number of carbonyl (C=O) groups excluding carboxylic acids is 1. The maximum atomic E-state index is 12.8. The van der Waals surface area contributed by atoms with Gasteiger partial charge in [-0.05, 0) is 24.6 Å². The quantitative estimate of drug-likeness (QED) is 0.875. The normalized spacial score (nSPS) is 12.3. The zero-order valence-electron chi connectivity index (χ0n) is 10.9. The van der Waals surface area contributed by atoms with Crippen molar-refractivity contribution < 1.29 is 18.7 Å². The number of hydrogen-bond donors (Lipinski definition) is 1. The van der Waals surface area contributed by atoms with E-state index in [9.17, 15) is 9.18 Å². The first-order valence-corrected chi connectivity index (χ1v) is 6.31. The Hall–Kier alpha value is -2.37. The number of hydrogen-bond acceptors (Lipinski definition) is 4. The molecule has 3 rings (SSSR count). The lowest BCUT2D eigenvalue weighted by Gasteiger charge is -2.17. The second-order valence-electron chi connectivity index (χ2n) is 4.40. The van der Waals surface area contributed by atoms with Gasteiger partial charge in [0, 0.05) is 5.56 Å². The first kappa shape index (κ1) is 12.7. The van der Waals surface area contributed by atoms with Crippen molar-refractivity contribution >= 4 is 5.97 Å². The Morgan fingerprint density at radius 3 is 3.15 bits per heavy atom. The van der Waals surface area contributed by atoms with Crippen LogP contribution in [0.3, 0.4) is 0 Å². The SMILES string of the molecule is CCOC(=O)c1[nH]nc2c1COc1ccc(CF)cc1-2. The zero-order chi connectivity index (χ0) is 14.1. The summed E-state index contributed by atoms with van der Waals surface area (Å²) in [5.41, 5.74) is 2.78. The summed E-state index contributed by atoms with van der Waals surface area (Å²) in [5, 5.41) is 6.83. The van der Waals surface area contributed by atoms with E-state index in [1.54, 1.807) is 25.1 Å². The van der Waals surface area contributed by atoms with Crippen LogP contribution in [0.5, 0.6) is 5.75 Å². The Morgan fingerprint density at radius 1 is 1.55 bits per heavy atom. The summed E-state index contributed by atoms with van der Waals surface area (Å²) in [4.78, 5) is 11.8. The molecule has 0 bridgehead atoms. The Bertz CT molecular complexity index is 666. The number of benzene rings is 1. The molecule has 0 unspecified atom stereocenters. The van der Waals surface area contributed by atoms with Crippen molar-refractivity contribution in [2.24, 2.45) is 0 Å². The molecule has 6 heteroatoms. The van der Waals surface area contributed by atoms with Gasteiger partial charge >= 0.3 is 5.97 Å². The number of nitrogens with zero attached hydrogens (tertiary/aromatic N) is 1. The fourth-order valence-electron chi connectivity index (χ4n) is 2.22. The molecule has 1 aliphatic rings. The predicted octanol–water partition coefficient (Wildman–Crippen LogP) is 2.62. The molecule has 2 heterocycles. The highest BCUT2D eigenvalue weighted by Gasteiger charge is 2.27. The number of carbonyl (C=O) groups is 1. The van der Waals surface area contributed by atoms with Crippen LogP contribution in [0.2, 0.25) is 0 Å². The number of alkyl halides is 1. The molecule has 1 N–H and O–H groups in total. The number of esters is 1. The molecule has 1 aromatic carbocycles. The van der Waals surface area contributed by atoms with Crippen molar-refractivity contribution in [1.29, 1.82) is 0 Å². The standard InChI is InChI=1S/C14H13FN2O3/c1-2-19-14(18)13-10-7-20-11-4-3-8(6-15)5-9(11)12(10)16-17-13/h3-5H,2,6-7H2,1H3,(H,16,17). The molecule has 0 fully saturated rings. The van der Waals surface area contributed by atoms with Gasteiger partial charge in [-0.25, -0.2) is 9.18 Å². The van der Waals surface area contributed by atoms with E-state index in [1.807, 2.05) is 0 Å². The molecule has 0 aliphatic carbocycles. The van der Waals surface area contributed by atoms with E-state index in [0.717, 1.165) is 0 Å². The Kier molecular flexibility index (Phi) is 3.14. The number of nitrogens with one attached hydrogen (secondary N) is 1. The molecule has 5 nitrogen and oxygen atoms in total. The summed E-state index contributed by atoms with van der Waals surface area (Å²) in [7, 11) is 0. The van der Waals surface area contributed by atoms with Gasteiger partial charge in [-0.2, -0.15) is 5.10 Å². The third-order valence-electron chi connectivity index (χ3n) is 3.17. The van der Waals surface area contributed by atoms with E-state index < -0.39 is 12.6 Å². The molecule has 0 spiro atoms. The van der Waals surface area contributed by atoms with E-state index in [4.69, 9.17) is 9.47 Å². The van der Waals surface area contributed by atoms with Crippen LogP contribution >= 0.6 is 0 Å². The van der Waals surface area contributed by atoms with Crippen LogP contribution in [0.1, 0.15) is 28.5 Å². The first-order valence-electron chi connectivity index (χ1n) is 6.31.